The van der Waals surface area contributed by atoms with E-state index in [-0.39, 0.29) is 77.9 Å². The van der Waals surface area contributed by atoms with Crippen LogP contribution in [0.15, 0.2) is 72.8 Å². The summed E-state index contributed by atoms with van der Waals surface area (Å²) in [6.07, 6.45) is 17.1. The summed E-state index contributed by atoms with van der Waals surface area (Å²) in [4.78, 5) is 56.8. The molecule has 13 nitrogen and oxygen atoms in total. The van der Waals surface area contributed by atoms with Crippen LogP contribution < -0.4 is 4.74 Å². The second kappa shape index (κ2) is 29.2. The standard InChI is InChI=1S/C20H24O5.C18H22O4.C10H14O.C8H8O3.3C2H6.5CH4/c1-12(21)23-18-5-3-4-15(11-18)20(22-2)19(24-25-20)16-7-13-6-14(9-16)10-17(19)8-13;1-20-18(13-3-2-4-16(19)10-13)17(21-22-18)14-6-11-5-12(8-14)9-15(17)7-11;11-10-8-2-6-1-7(4-8)5-9(10)3-6;1-11-8(10)6-3-2-4-7(9)5-6;3*1-2;;;;;/h3-5,11,13-14,16-17H,6-10H2,1-2H3;2-4,10-12,14-15,19H,5-9H2,1H3;6-9H,1-5H2;2-5,9H,1H3;3*1-2H3;5*1H4/i2D3;1D3;;1D3;;;;;;;;. The topological polar surface area (TPSA) is 166 Å². The number of esters is 2. The van der Waals surface area contributed by atoms with Gasteiger partial charge in [0.2, 0.25) is 0 Å². The van der Waals surface area contributed by atoms with E-state index in [1.165, 1.54) is 76.1 Å². The zero-order valence-electron chi connectivity index (χ0n) is 53.8. The predicted molar refractivity (Wildman–Crippen MR) is 316 cm³/mol. The molecule has 2 spiro atoms. The Labute approximate surface area is 495 Å². The first kappa shape index (κ1) is 56.1. The molecule has 2 saturated heterocycles. The highest BCUT2D eigenvalue weighted by molar-refractivity contribution is 5.89. The first-order valence-corrected chi connectivity index (χ1v) is 28.0. The number of phenols is 2. The van der Waals surface area contributed by atoms with Crippen molar-refractivity contribution >= 4 is 17.7 Å². The molecule has 12 bridgehead atoms. The third-order valence-corrected chi connectivity index (χ3v) is 18.4. The van der Waals surface area contributed by atoms with Gasteiger partial charge in [-0.15, -0.1) is 0 Å². The molecule has 3 aromatic carbocycles. The normalized spacial score (nSPS) is 38.1. The Morgan fingerprint density at radius 2 is 0.875 bits per heavy atom. The average molecular weight is 1130 g/mol. The van der Waals surface area contributed by atoms with Crippen LogP contribution in [0.3, 0.4) is 0 Å². The van der Waals surface area contributed by atoms with Crippen molar-refractivity contribution in [2.75, 3.05) is 21.1 Å². The number of ether oxygens (including phenoxy) is 4. The molecule has 17 rings (SSSR count). The van der Waals surface area contributed by atoms with Crippen LogP contribution in [0.5, 0.6) is 17.2 Å². The number of Topliss-reactive ketones (excluding diaryl/α,β-unsaturated/α-hetero) is 1. The highest BCUT2D eigenvalue weighted by atomic mass is 17.3. The van der Waals surface area contributed by atoms with Gasteiger partial charge in [-0.3, -0.25) is 9.59 Å². The maximum atomic E-state index is 11.6. The van der Waals surface area contributed by atoms with E-state index in [0.29, 0.717) is 58.2 Å². The van der Waals surface area contributed by atoms with Crippen LogP contribution in [-0.4, -0.2) is 60.3 Å². The molecule has 13 heteroatoms. The van der Waals surface area contributed by atoms with Gasteiger partial charge in [0.05, 0.1) is 24.9 Å². The van der Waals surface area contributed by atoms with Crippen molar-refractivity contribution in [3.63, 3.8) is 0 Å². The minimum absolute atomic E-state index is 0. The lowest BCUT2D eigenvalue weighted by Crippen LogP contribution is -2.76. The molecule has 2 atom stereocenters. The number of benzene rings is 3. The molecular formula is C67H106O13. The van der Waals surface area contributed by atoms with E-state index in [4.69, 9.17) is 51.2 Å². The molecule has 2 aliphatic heterocycles. The molecule has 2 heterocycles. The fourth-order valence-electron chi connectivity index (χ4n) is 16.4. The third-order valence-electron chi connectivity index (χ3n) is 18.4. The predicted octanol–water partition coefficient (Wildman–Crippen LogP) is 16.4. The fourth-order valence-corrected chi connectivity index (χ4v) is 16.4. The smallest absolute Gasteiger partial charge is 0.337 e. The summed E-state index contributed by atoms with van der Waals surface area (Å²) in [6.45, 7) is 13.3. The maximum Gasteiger partial charge on any atom is 0.337 e. The largest absolute Gasteiger partial charge is 0.508 e. The van der Waals surface area contributed by atoms with Gasteiger partial charge in [-0.05, 0) is 198 Å². The van der Waals surface area contributed by atoms with Gasteiger partial charge in [0.15, 0.2) is 11.2 Å². The molecule has 3 aromatic rings. The van der Waals surface area contributed by atoms with E-state index in [9.17, 15) is 19.5 Å². The molecule has 12 aliphatic carbocycles. The lowest BCUT2D eigenvalue weighted by Gasteiger charge is -2.68. The number of methoxy groups -OCH3 is 3. The van der Waals surface area contributed by atoms with E-state index >= 15 is 0 Å². The molecule has 2 unspecified atom stereocenters. The lowest BCUT2D eigenvalue weighted by atomic mass is 9.47. The van der Waals surface area contributed by atoms with Crippen LogP contribution >= 0.6 is 0 Å². The molecule has 12 saturated carbocycles. The molecule has 452 valence electrons. The van der Waals surface area contributed by atoms with E-state index in [2.05, 4.69) is 4.74 Å². The van der Waals surface area contributed by atoms with Gasteiger partial charge in [0.1, 0.15) is 23.0 Å². The van der Waals surface area contributed by atoms with Crippen molar-refractivity contribution < 1.29 is 75.4 Å². The Balaban J connectivity index is 0.000000311. The maximum absolute atomic E-state index is 11.6. The molecule has 2 N–H and O–H groups in total. The molecule has 0 aromatic heterocycles. The Morgan fingerprint density at radius 1 is 0.500 bits per heavy atom. The highest BCUT2D eigenvalue weighted by Gasteiger charge is 2.78. The van der Waals surface area contributed by atoms with E-state index in [1.807, 2.05) is 41.5 Å². The first-order valence-electron chi connectivity index (χ1n) is 32.5. The van der Waals surface area contributed by atoms with E-state index < -0.39 is 55.8 Å². The van der Waals surface area contributed by atoms with Gasteiger partial charge in [-0.1, -0.05) is 109 Å². The van der Waals surface area contributed by atoms with Crippen molar-refractivity contribution in [3.05, 3.63) is 89.5 Å². The molecular weight excluding hydrogens is 1010 g/mol. The number of hydrogen-bond donors (Lipinski definition) is 2. The van der Waals surface area contributed by atoms with Crippen LogP contribution in [0.1, 0.15) is 216 Å². The Morgan fingerprint density at radius 3 is 1.23 bits per heavy atom. The van der Waals surface area contributed by atoms with Crippen molar-refractivity contribution in [1.29, 1.82) is 0 Å². The summed E-state index contributed by atoms with van der Waals surface area (Å²) >= 11 is 0. The number of carbonyl (C=O) groups excluding carboxylic acids is 3. The average Bonchev–Trinajstić information content (AvgIpc) is 0.686. The summed E-state index contributed by atoms with van der Waals surface area (Å²) in [5.41, 5.74) is -0.559. The van der Waals surface area contributed by atoms with Gasteiger partial charge in [-0.25, -0.2) is 14.6 Å². The van der Waals surface area contributed by atoms with Gasteiger partial charge in [-0.2, -0.15) is 9.78 Å². The summed E-state index contributed by atoms with van der Waals surface area (Å²) in [5, 5.41) is 19.0. The fraction of sp³-hybridized carbons (Fsp3) is 0.687. The number of carbonyl (C=O) groups is 3. The molecule has 14 aliphatic rings. The second-order valence-electron chi connectivity index (χ2n) is 22.3. The summed E-state index contributed by atoms with van der Waals surface area (Å²) in [6, 6.07) is 18.5. The Hall–Kier alpha value is -4.37. The van der Waals surface area contributed by atoms with Crippen molar-refractivity contribution in [1.82, 2.24) is 0 Å². The van der Waals surface area contributed by atoms with Crippen LogP contribution in [0, 0.1) is 71.0 Å². The van der Waals surface area contributed by atoms with Crippen molar-refractivity contribution in [2.24, 2.45) is 71.0 Å². The lowest BCUT2D eigenvalue weighted by molar-refractivity contribution is -0.645. The number of hydrogen-bond acceptors (Lipinski definition) is 13. The SMILES string of the molecule is C.C.C.C.C.CC.CC.CC.O=C1C2CC3CC(C2)CC1C3.[2H]C([2H])([2H])OC(=O)c1cccc(O)c1.[2H]C([2H])([2H])OC1(c2cccc(O)c2)OOC12C1CC3CC(C1)CC2C3.[2H]C([2H])([2H])OC1(c2cccc(OC(C)=O)c2)OOC12C1CC3CC(C1)CC2C3. The quantitative estimate of drug-likeness (QED) is 0.136. The van der Waals surface area contributed by atoms with Crippen LogP contribution in [-0.2, 0) is 54.9 Å². The zero-order chi connectivity index (χ0) is 61.4. The molecule has 14 fully saturated rings. The number of ketones is 1. The van der Waals surface area contributed by atoms with Crippen molar-refractivity contribution in [3.8, 4) is 17.2 Å². The van der Waals surface area contributed by atoms with E-state index in [1.54, 1.807) is 42.5 Å². The minimum Gasteiger partial charge on any atom is -0.508 e. The van der Waals surface area contributed by atoms with Gasteiger partial charge in [0.25, 0.3) is 11.6 Å². The summed E-state index contributed by atoms with van der Waals surface area (Å²) in [5.74, 6) is 2.91. The van der Waals surface area contributed by atoms with Gasteiger partial charge in [0, 0.05) is 44.0 Å². The summed E-state index contributed by atoms with van der Waals surface area (Å²) < 4.78 is 87.2. The number of phenolic OH excluding ortho intramolecular Hbond substituents is 2. The highest BCUT2D eigenvalue weighted by Crippen LogP contribution is 2.71. The van der Waals surface area contributed by atoms with E-state index in [0.717, 1.165) is 69.3 Å². The Kier molecular flexibility index (Phi) is 20.5. The number of aromatic hydroxyl groups is 2. The van der Waals surface area contributed by atoms with Gasteiger partial charge >= 0.3 is 11.9 Å². The van der Waals surface area contributed by atoms with Crippen LogP contribution in [0.25, 0.3) is 0 Å². The molecule has 0 amide bonds. The summed E-state index contributed by atoms with van der Waals surface area (Å²) in [7, 11) is -8.05. The van der Waals surface area contributed by atoms with Crippen LogP contribution in [0.2, 0.25) is 0 Å². The second-order valence-corrected chi connectivity index (χ2v) is 22.3. The molecule has 0 radical (unpaired) electrons. The van der Waals surface area contributed by atoms with Gasteiger partial charge < -0.3 is 29.2 Å². The third kappa shape index (κ3) is 12.3. The minimum atomic E-state index is -2.76. The Bertz CT molecular complexity index is 2680. The zero-order valence-corrected chi connectivity index (χ0v) is 44.8. The first-order chi connectivity index (χ1) is 39.7. The van der Waals surface area contributed by atoms with Crippen molar-refractivity contribution in [2.45, 2.75) is 205 Å². The van der Waals surface area contributed by atoms with Crippen LogP contribution in [0.4, 0.5) is 0 Å². The number of rotatable bonds is 6. The monoisotopic (exact) mass is 1130 g/mol. The molecule has 80 heavy (non-hydrogen) atoms.